The van der Waals surface area contributed by atoms with Gasteiger partial charge >= 0.3 is 0 Å². The van der Waals surface area contributed by atoms with Gasteiger partial charge in [0.05, 0.1) is 12.4 Å². The van der Waals surface area contributed by atoms with Gasteiger partial charge in [-0.25, -0.2) is 4.98 Å². The summed E-state index contributed by atoms with van der Waals surface area (Å²) in [6.45, 7) is 4.60. The maximum atomic E-state index is 6.72. The van der Waals surface area contributed by atoms with E-state index in [2.05, 4.69) is 58.9 Å². The highest BCUT2D eigenvalue weighted by Gasteiger charge is 2.53. The Bertz CT molecular complexity index is 981. The van der Waals surface area contributed by atoms with E-state index in [4.69, 9.17) is 5.73 Å². The predicted octanol–water partition coefficient (Wildman–Crippen LogP) is 5.35. The lowest BCUT2D eigenvalue weighted by Gasteiger charge is -2.57. The number of aromatic nitrogens is 3. The molecule has 0 spiro atoms. The molecule has 1 radical (unpaired) electrons. The van der Waals surface area contributed by atoms with E-state index in [9.17, 15) is 0 Å². The standard InChI is InChI=1S/C26H31N4/c1-18(25(27)29-10-9-28-17-29)30-23(22-5-3-2-4-6-22)7-8-24(30)26-14-19-11-20(15-26)13-21(12-19)16-26/h2-10,17-21,25H,1,11-16,27H2. The first-order valence-electron chi connectivity index (χ1n) is 11.5. The van der Waals surface area contributed by atoms with Crippen LogP contribution in [0.15, 0.2) is 61.2 Å². The lowest BCUT2D eigenvalue weighted by molar-refractivity contribution is -0.00935. The minimum Gasteiger partial charge on any atom is -0.338 e. The third-order valence-corrected chi connectivity index (χ3v) is 8.16. The molecule has 155 valence electrons. The van der Waals surface area contributed by atoms with E-state index >= 15 is 0 Å². The molecule has 0 aliphatic heterocycles. The van der Waals surface area contributed by atoms with Crippen LogP contribution >= 0.6 is 0 Å². The van der Waals surface area contributed by atoms with Crippen molar-refractivity contribution >= 4 is 0 Å². The summed E-state index contributed by atoms with van der Waals surface area (Å²) in [6.07, 6.45) is 13.7. The Morgan fingerprint density at radius 1 is 0.967 bits per heavy atom. The molecule has 2 N–H and O–H groups in total. The first-order chi connectivity index (χ1) is 14.6. The lowest BCUT2D eigenvalue weighted by Crippen LogP contribution is -2.49. The van der Waals surface area contributed by atoms with E-state index in [1.807, 2.05) is 10.8 Å². The first kappa shape index (κ1) is 18.4. The van der Waals surface area contributed by atoms with Crippen molar-refractivity contribution in [3.8, 4) is 11.3 Å². The molecule has 30 heavy (non-hydrogen) atoms. The van der Waals surface area contributed by atoms with Crippen LogP contribution in [0.5, 0.6) is 0 Å². The normalized spacial score (nSPS) is 31.7. The van der Waals surface area contributed by atoms with Gasteiger partial charge in [0.1, 0.15) is 6.17 Å². The van der Waals surface area contributed by atoms with Crippen LogP contribution in [0.4, 0.5) is 0 Å². The number of nitrogens with zero attached hydrogens (tertiary/aromatic N) is 3. The van der Waals surface area contributed by atoms with E-state index in [1.165, 1.54) is 55.5 Å². The van der Waals surface area contributed by atoms with Crippen molar-refractivity contribution in [3.63, 3.8) is 0 Å². The Morgan fingerprint density at radius 2 is 1.63 bits per heavy atom. The Balaban J connectivity index is 1.48. The molecule has 1 aromatic carbocycles. The zero-order valence-corrected chi connectivity index (χ0v) is 17.5. The largest absolute Gasteiger partial charge is 0.338 e. The summed E-state index contributed by atoms with van der Waals surface area (Å²) in [5.41, 5.74) is 11.0. The second-order valence-corrected chi connectivity index (χ2v) is 10.1. The van der Waals surface area contributed by atoms with Gasteiger partial charge in [0.25, 0.3) is 0 Å². The monoisotopic (exact) mass is 399 g/mol. The molecule has 2 heterocycles. The average molecular weight is 400 g/mol. The fourth-order valence-corrected chi connectivity index (χ4v) is 7.30. The van der Waals surface area contributed by atoms with Crippen LogP contribution in [-0.2, 0) is 5.41 Å². The van der Waals surface area contributed by atoms with Crippen molar-refractivity contribution in [2.24, 2.45) is 23.5 Å². The number of hydrogen-bond donors (Lipinski definition) is 1. The number of hydrogen-bond acceptors (Lipinski definition) is 2. The van der Waals surface area contributed by atoms with Gasteiger partial charge < -0.3 is 14.9 Å². The van der Waals surface area contributed by atoms with Gasteiger partial charge in [-0.1, -0.05) is 30.3 Å². The van der Waals surface area contributed by atoms with Crippen LogP contribution in [0.1, 0.15) is 56.4 Å². The van der Waals surface area contributed by atoms with Crippen molar-refractivity contribution in [3.05, 3.63) is 73.8 Å². The van der Waals surface area contributed by atoms with E-state index in [-0.39, 0.29) is 12.2 Å². The maximum absolute atomic E-state index is 6.72. The number of imidazole rings is 1. The van der Waals surface area contributed by atoms with Crippen molar-refractivity contribution in [1.82, 2.24) is 14.1 Å². The molecular weight excluding hydrogens is 368 g/mol. The van der Waals surface area contributed by atoms with Crippen molar-refractivity contribution in [2.75, 3.05) is 0 Å². The van der Waals surface area contributed by atoms with Crippen LogP contribution < -0.4 is 5.73 Å². The van der Waals surface area contributed by atoms with Gasteiger partial charge in [0.15, 0.2) is 0 Å². The molecule has 3 aromatic rings. The third kappa shape index (κ3) is 2.80. The molecule has 4 nitrogen and oxygen atoms in total. The minimum absolute atomic E-state index is 0.104. The molecule has 2 aromatic heterocycles. The Kier molecular flexibility index (Phi) is 4.21. The lowest BCUT2D eigenvalue weighted by atomic mass is 9.49. The summed E-state index contributed by atoms with van der Waals surface area (Å²) < 4.78 is 4.46. The molecule has 4 aliphatic carbocycles. The zero-order valence-electron chi connectivity index (χ0n) is 17.5. The summed E-state index contributed by atoms with van der Waals surface area (Å²) in [5.74, 6) is 2.72. The molecule has 4 fully saturated rings. The Hall–Kier alpha value is -2.33. The number of benzene rings is 1. The van der Waals surface area contributed by atoms with Gasteiger partial charge in [0, 0.05) is 29.2 Å². The molecule has 0 amide bonds. The fourth-order valence-electron chi connectivity index (χ4n) is 7.30. The van der Waals surface area contributed by atoms with Crippen LogP contribution in [0.2, 0.25) is 0 Å². The fraction of sp³-hybridized carbons (Fsp3) is 0.462. The maximum Gasteiger partial charge on any atom is 0.103 e. The van der Waals surface area contributed by atoms with Crippen LogP contribution in [0.25, 0.3) is 11.3 Å². The van der Waals surface area contributed by atoms with Gasteiger partial charge in [-0.15, -0.1) is 0 Å². The number of nitrogens with two attached hydrogens (primary N) is 1. The molecule has 4 bridgehead atoms. The summed E-state index contributed by atoms with van der Waals surface area (Å²) in [6, 6.07) is 15.3. The van der Waals surface area contributed by atoms with Gasteiger partial charge in [-0.3, -0.25) is 0 Å². The van der Waals surface area contributed by atoms with Crippen molar-refractivity contribution in [1.29, 1.82) is 0 Å². The smallest absolute Gasteiger partial charge is 0.103 e. The highest BCUT2D eigenvalue weighted by Crippen LogP contribution is 2.61. The average Bonchev–Trinajstić information content (AvgIpc) is 3.43. The first-order valence-corrected chi connectivity index (χ1v) is 11.5. The summed E-state index contributed by atoms with van der Waals surface area (Å²) in [7, 11) is 0. The molecule has 2 unspecified atom stereocenters. The molecule has 7 rings (SSSR count). The minimum atomic E-state index is -0.255. The van der Waals surface area contributed by atoms with E-state index in [0.29, 0.717) is 5.41 Å². The third-order valence-electron chi connectivity index (χ3n) is 8.16. The SMILES string of the molecule is [CH2]C(C(N)n1ccnc1)n1c(-c2ccccc2)ccc1C12CC3CC(CC(C3)C1)C2. The quantitative estimate of drug-likeness (QED) is 0.628. The second kappa shape index (κ2) is 6.84. The highest BCUT2D eigenvalue weighted by molar-refractivity contribution is 5.62. The predicted molar refractivity (Wildman–Crippen MR) is 120 cm³/mol. The summed E-state index contributed by atoms with van der Waals surface area (Å²) in [5, 5.41) is 0. The molecule has 4 heteroatoms. The van der Waals surface area contributed by atoms with Crippen LogP contribution in [-0.4, -0.2) is 14.1 Å². The van der Waals surface area contributed by atoms with Crippen molar-refractivity contribution < 1.29 is 0 Å². The van der Waals surface area contributed by atoms with Crippen molar-refractivity contribution in [2.45, 2.75) is 56.1 Å². The number of rotatable bonds is 5. The molecular formula is C26H31N4. The van der Waals surface area contributed by atoms with E-state index in [0.717, 1.165) is 17.8 Å². The molecule has 4 aliphatic rings. The Morgan fingerprint density at radius 3 is 2.23 bits per heavy atom. The molecule has 4 saturated carbocycles. The van der Waals surface area contributed by atoms with Crippen LogP contribution in [0.3, 0.4) is 0 Å². The highest BCUT2D eigenvalue weighted by atomic mass is 15.2. The van der Waals surface area contributed by atoms with Gasteiger partial charge in [-0.05, 0) is 80.9 Å². The summed E-state index contributed by atoms with van der Waals surface area (Å²) >= 11 is 0. The summed E-state index contributed by atoms with van der Waals surface area (Å²) in [4.78, 5) is 4.21. The molecule has 2 atom stereocenters. The Labute approximate surface area is 179 Å². The second-order valence-electron chi connectivity index (χ2n) is 10.1. The van der Waals surface area contributed by atoms with Crippen LogP contribution in [0, 0.1) is 24.7 Å². The topological polar surface area (TPSA) is 48.8 Å². The van der Waals surface area contributed by atoms with Gasteiger partial charge in [0.2, 0.25) is 0 Å². The zero-order chi connectivity index (χ0) is 20.3. The van der Waals surface area contributed by atoms with Gasteiger partial charge in [-0.2, -0.15) is 0 Å². The molecule has 0 saturated heterocycles. The van der Waals surface area contributed by atoms with E-state index in [1.54, 1.807) is 12.5 Å². The van der Waals surface area contributed by atoms with E-state index < -0.39 is 0 Å².